The van der Waals surface area contributed by atoms with Gasteiger partial charge in [0.15, 0.2) is 5.72 Å². The van der Waals surface area contributed by atoms with Crippen molar-refractivity contribution in [2.75, 3.05) is 18.1 Å². The van der Waals surface area contributed by atoms with Crippen molar-refractivity contribution in [2.24, 2.45) is 5.92 Å². The van der Waals surface area contributed by atoms with Gasteiger partial charge in [-0.05, 0) is 17.2 Å². The van der Waals surface area contributed by atoms with Crippen LogP contribution in [0.15, 0.2) is 84.9 Å². The Hall–Kier alpha value is -3.64. The summed E-state index contributed by atoms with van der Waals surface area (Å²) >= 11 is 0. The molecule has 1 spiro atoms. The summed E-state index contributed by atoms with van der Waals surface area (Å²) in [4.78, 5) is 30.0. The second-order valence-electron chi connectivity index (χ2n) is 8.77. The summed E-state index contributed by atoms with van der Waals surface area (Å²) in [5, 5.41) is 0. The highest BCUT2D eigenvalue weighted by molar-refractivity contribution is 5.92. The van der Waals surface area contributed by atoms with Crippen molar-refractivity contribution in [2.45, 2.75) is 24.8 Å². The molecular formula is C27H24N2O4. The Labute approximate surface area is 192 Å². The monoisotopic (exact) mass is 440 g/mol. The number of fused-ring (bicyclic) bond motifs is 1. The summed E-state index contributed by atoms with van der Waals surface area (Å²) < 4.78 is 12.2. The van der Waals surface area contributed by atoms with Gasteiger partial charge in [-0.1, -0.05) is 78.9 Å². The van der Waals surface area contributed by atoms with Gasteiger partial charge < -0.3 is 14.4 Å². The molecule has 3 heterocycles. The maximum atomic E-state index is 13.3. The number of ether oxygens (including phenoxy) is 2. The summed E-state index contributed by atoms with van der Waals surface area (Å²) in [6.45, 7) is 0.999. The molecule has 0 aliphatic carbocycles. The van der Waals surface area contributed by atoms with E-state index in [1.54, 1.807) is 4.90 Å². The summed E-state index contributed by atoms with van der Waals surface area (Å²) in [5.74, 6) is -0.112. The average molecular weight is 440 g/mol. The number of carbonyl (C=O) groups excluding carboxylic acids is 2. The number of rotatable bonds is 3. The number of nitrogens with zero attached hydrogens (tertiary/aromatic N) is 2. The number of hydrogen-bond acceptors (Lipinski definition) is 4. The number of amides is 2. The Morgan fingerprint density at radius 2 is 1.67 bits per heavy atom. The van der Waals surface area contributed by atoms with Crippen LogP contribution < -0.4 is 4.90 Å². The fourth-order valence-electron chi connectivity index (χ4n) is 5.54. The van der Waals surface area contributed by atoms with Gasteiger partial charge in [-0.3, -0.25) is 9.69 Å². The van der Waals surface area contributed by atoms with E-state index in [4.69, 9.17) is 9.47 Å². The van der Waals surface area contributed by atoms with Crippen LogP contribution in [0.4, 0.5) is 10.5 Å². The lowest BCUT2D eigenvalue weighted by molar-refractivity contribution is -0.143. The highest BCUT2D eigenvalue weighted by Gasteiger charge is 2.64. The van der Waals surface area contributed by atoms with Crippen LogP contribution in [0.3, 0.4) is 0 Å². The van der Waals surface area contributed by atoms with Crippen molar-refractivity contribution >= 4 is 17.7 Å². The highest BCUT2D eigenvalue weighted by Crippen LogP contribution is 2.58. The first-order chi connectivity index (χ1) is 16.2. The van der Waals surface area contributed by atoms with Gasteiger partial charge in [0.05, 0.1) is 18.3 Å². The Bertz CT molecular complexity index is 1200. The van der Waals surface area contributed by atoms with E-state index in [-0.39, 0.29) is 24.5 Å². The molecule has 3 aliphatic heterocycles. The number of para-hydroxylation sites is 1. The molecule has 0 unspecified atom stereocenters. The first-order valence-electron chi connectivity index (χ1n) is 11.3. The van der Waals surface area contributed by atoms with Crippen molar-refractivity contribution in [3.05, 3.63) is 102 Å². The minimum absolute atomic E-state index is 0.0562. The molecule has 3 aliphatic rings. The third-order valence-corrected chi connectivity index (χ3v) is 6.97. The molecule has 2 saturated heterocycles. The summed E-state index contributed by atoms with van der Waals surface area (Å²) in [7, 11) is 0. The van der Waals surface area contributed by atoms with Crippen LogP contribution in [0.2, 0.25) is 0 Å². The summed E-state index contributed by atoms with van der Waals surface area (Å²) in [5.41, 5.74) is 2.72. The number of benzene rings is 3. The van der Waals surface area contributed by atoms with E-state index in [1.807, 2.05) is 89.8 Å². The SMILES string of the molecule is O=C(OCc1ccccc1)N1C[C@@H]2CC(=O)N3[C@H](c4ccccc4)CO[C@@]23c2ccccc21. The van der Waals surface area contributed by atoms with Gasteiger partial charge in [0, 0.05) is 24.4 Å². The summed E-state index contributed by atoms with van der Waals surface area (Å²) in [6, 6.07) is 27.2. The molecule has 2 fully saturated rings. The second kappa shape index (κ2) is 7.74. The van der Waals surface area contributed by atoms with Crippen LogP contribution in [-0.4, -0.2) is 30.1 Å². The Morgan fingerprint density at radius 3 is 2.45 bits per heavy atom. The standard InChI is InChI=1S/C27H24N2O4/c30-25-15-21-16-28(26(31)32-17-19-9-3-1-4-10-19)23-14-8-7-13-22(23)27(21)29(25)24(18-33-27)20-11-5-2-6-12-20/h1-14,21,24H,15-18H2/t21-,24-,27+/m0/s1. The van der Waals surface area contributed by atoms with Crippen LogP contribution in [-0.2, 0) is 26.6 Å². The minimum atomic E-state index is -0.857. The average Bonchev–Trinajstić information content (AvgIpc) is 3.39. The van der Waals surface area contributed by atoms with E-state index < -0.39 is 11.8 Å². The molecule has 3 aromatic carbocycles. The zero-order valence-corrected chi connectivity index (χ0v) is 18.1. The topological polar surface area (TPSA) is 59.1 Å². The van der Waals surface area contributed by atoms with Crippen LogP contribution in [0.25, 0.3) is 0 Å². The highest BCUT2D eigenvalue weighted by atomic mass is 16.6. The fraction of sp³-hybridized carbons (Fsp3) is 0.259. The van der Waals surface area contributed by atoms with Crippen LogP contribution in [0.1, 0.15) is 29.2 Å². The van der Waals surface area contributed by atoms with E-state index in [1.165, 1.54) is 0 Å². The quantitative estimate of drug-likeness (QED) is 0.597. The third kappa shape index (κ3) is 3.05. The predicted octanol–water partition coefficient (Wildman–Crippen LogP) is 4.62. The van der Waals surface area contributed by atoms with Crippen molar-refractivity contribution < 1.29 is 19.1 Å². The molecule has 0 saturated carbocycles. The van der Waals surface area contributed by atoms with Gasteiger partial charge in [-0.2, -0.15) is 0 Å². The maximum absolute atomic E-state index is 13.3. The van der Waals surface area contributed by atoms with Gasteiger partial charge in [0.2, 0.25) is 5.91 Å². The van der Waals surface area contributed by atoms with Crippen LogP contribution in [0, 0.1) is 5.92 Å². The molecule has 6 nitrogen and oxygen atoms in total. The molecule has 3 atom stereocenters. The first kappa shape index (κ1) is 20.0. The Morgan fingerprint density at radius 1 is 0.970 bits per heavy atom. The zero-order chi connectivity index (χ0) is 22.4. The lowest BCUT2D eigenvalue weighted by atomic mass is 9.84. The van der Waals surface area contributed by atoms with Crippen molar-refractivity contribution in [1.82, 2.24) is 4.90 Å². The van der Waals surface area contributed by atoms with Crippen LogP contribution in [0.5, 0.6) is 0 Å². The van der Waals surface area contributed by atoms with Crippen molar-refractivity contribution in [1.29, 1.82) is 0 Å². The van der Waals surface area contributed by atoms with E-state index in [9.17, 15) is 9.59 Å². The zero-order valence-electron chi connectivity index (χ0n) is 18.1. The molecule has 166 valence electrons. The minimum Gasteiger partial charge on any atom is -0.444 e. The molecule has 3 aromatic rings. The lowest BCUT2D eigenvalue weighted by Gasteiger charge is -2.45. The molecule has 33 heavy (non-hydrogen) atoms. The van der Waals surface area contributed by atoms with Gasteiger partial charge >= 0.3 is 6.09 Å². The smallest absolute Gasteiger partial charge is 0.414 e. The van der Waals surface area contributed by atoms with Gasteiger partial charge in [-0.25, -0.2) is 4.79 Å². The van der Waals surface area contributed by atoms with Gasteiger partial charge in [-0.15, -0.1) is 0 Å². The van der Waals surface area contributed by atoms with E-state index in [0.717, 1.165) is 22.4 Å². The van der Waals surface area contributed by atoms with E-state index in [2.05, 4.69) is 0 Å². The summed E-state index contributed by atoms with van der Waals surface area (Å²) in [6.07, 6.45) is -0.0789. The number of carbonyl (C=O) groups is 2. The van der Waals surface area contributed by atoms with Crippen molar-refractivity contribution in [3.8, 4) is 0 Å². The molecule has 0 aromatic heterocycles. The molecule has 6 heteroatoms. The maximum Gasteiger partial charge on any atom is 0.414 e. The van der Waals surface area contributed by atoms with Crippen molar-refractivity contribution in [3.63, 3.8) is 0 Å². The number of hydrogen-bond donors (Lipinski definition) is 0. The van der Waals surface area contributed by atoms with E-state index >= 15 is 0 Å². The molecular weight excluding hydrogens is 416 g/mol. The van der Waals surface area contributed by atoms with Crippen LogP contribution >= 0.6 is 0 Å². The largest absolute Gasteiger partial charge is 0.444 e. The van der Waals surface area contributed by atoms with Gasteiger partial charge in [0.1, 0.15) is 6.61 Å². The molecule has 0 bridgehead atoms. The lowest BCUT2D eigenvalue weighted by Crippen LogP contribution is -2.52. The first-order valence-corrected chi connectivity index (χ1v) is 11.3. The molecule has 0 radical (unpaired) electrons. The fourth-order valence-corrected chi connectivity index (χ4v) is 5.54. The third-order valence-electron chi connectivity index (χ3n) is 6.97. The Balaban J connectivity index is 1.35. The molecule has 2 amide bonds. The van der Waals surface area contributed by atoms with E-state index in [0.29, 0.717) is 19.6 Å². The predicted molar refractivity (Wildman–Crippen MR) is 122 cm³/mol. The Kier molecular flexibility index (Phi) is 4.69. The molecule has 6 rings (SSSR count). The number of anilines is 1. The van der Waals surface area contributed by atoms with Gasteiger partial charge in [0.25, 0.3) is 0 Å². The second-order valence-corrected chi connectivity index (χ2v) is 8.77. The molecule has 0 N–H and O–H groups in total. The normalized spacial score (nSPS) is 25.4.